The van der Waals surface area contributed by atoms with Gasteiger partial charge in [0.25, 0.3) is 11.5 Å². The zero-order valence-corrected chi connectivity index (χ0v) is 27.1. The lowest BCUT2D eigenvalue weighted by atomic mass is 10.1. The first-order valence-electron chi connectivity index (χ1n) is 14.9. The Kier molecular flexibility index (Phi) is 11.6. The zero-order chi connectivity index (χ0) is 35.8. The molecule has 2 aromatic carbocycles. The summed E-state index contributed by atoms with van der Waals surface area (Å²) in [7, 11) is 6.04. The predicted molar refractivity (Wildman–Crippen MR) is 173 cm³/mol. The topological polar surface area (TPSA) is 132 Å². The number of rotatable bonds is 11. The predicted octanol–water partition coefficient (Wildman–Crippen LogP) is 4.88. The van der Waals surface area contributed by atoms with Crippen LogP contribution in [-0.2, 0) is 32.2 Å². The van der Waals surface area contributed by atoms with Gasteiger partial charge in [0.2, 0.25) is 5.91 Å². The van der Waals surface area contributed by atoms with Crippen molar-refractivity contribution >= 4 is 40.6 Å². The number of anilines is 1. The maximum atomic E-state index is 14.2. The van der Waals surface area contributed by atoms with Gasteiger partial charge in [-0.3, -0.25) is 14.4 Å². The molecular weight excluding hydrogens is 647 g/mol. The molecule has 15 heteroatoms. The number of nitrogens with zero attached hydrogens (tertiary/aromatic N) is 4. The summed E-state index contributed by atoms with van der Waals surface area (Å²) in [6.45, 7) is -0.781. The Hall–Kier alpha value is -5.86. The Morgan fingerprint density at radius 1 is 0.939 bits per heavy atom. The van der Waals surface area contributed by atoms with Crippen molar-refractivity contribution in [1.29, 1.82) is 0 Å². The minimum Gasteiger partial charge on any atom is -0.444 e. The highest BCUT2D eigenvalue weighted by Crippen LogP contribution is 2.23. The second-order valence-electron chi connectivity index (χ2n) is 11.3. The number of amides is 3. The van der Waals surface area contributed by atoms with Crippen LogP contribution in [0.15, 0.2) is 77.7 Å². The summed E-state index contributed by atoms with van der Waals surface area (Å²) in [4.78, 5) is 66.7. The third-order valence-electron chi connectivity index (χ3n) is 7.20. The normalized spacial score (nSPS) is 11.7. The van der Waals surface area contributed by atoms with Crippen LogP contribution in [0.25, 0.3) is 10.9 Å². The van der Waals surface area contributed by atoms with Crippen molar-refractivity contribution in [1.82, 2.24) is 18.9 Å². The number of hydrogen-bond donors (Lipinski definition) is 1. The Balaban J connectivity index is 1.58. The van der Waals surface area contributed by atoms with E-state index in [-0.39, 0.29) is 47.8 Å². The monoisotopic (exact) mass is 681 g/mol. The molecule has 0 radical (unpaired) electrons. The molecule has 0 aliphatic rings. The summed E-state index contributed by atoms with van der Waals surface area (Å²) >= 11 is 0. The second kappa shape index (κ2) is 15.8. The number of aromatic nitrogens is 2. The molecule has 49 heavy (non-hydrogen) atoms. The van der Waals surface area contributed by atoms with E-state index in [4.69, 9.17) is 9.47 Å². The molecule has 3 amide bonds. The van der Waals surface area contributed by atoms with Crippen LogP contribution in [0, 0.1) is 17.5 Å². The number of carbonyl (C=O) groups is 4. The number of halogens is 3. The molecule has 258 valence electrons. The van der Waals surface area contributed by atoms with Crippen molar-refractivity contribution in [2.45, 2.75) is 32.1 Å². The smallest absolute Gasteiger partial charge is 0.419 e. The van der Waals surface area contributed by atoms with Gasteiger partial charge in [0, 0.05) is 57.1 Å². The van der Waals surface area contributed by atoms with Crippen molar-refractivity contribution in [2.75, 3.05) is 33.5 Å². The van der Waals surface area contributed by atoms with Crippen LogP contribution in [-0.4, -0.2) is 77.2 Å². The fourth-order valence-electron chi connectivity index (χ4n) is 4.61. The third kappa shape index (κ3) is 9.15. The van der Waals surface area contributed by atoms with Gasteiger partial charge in [-0.25, -0.2) is 27.3 Å². The van der Waals surface area contributed by atoms with Crippen LogP contribution in [0.4, 0.5) is 28.4 Å². The number of nitrogens with one attached hydrogen (secondary N) is 1. The second-order valence-corrected chi connectivity index (χ2v) is 11.3. The molecule has 12 nitrogen and oxygen atoms in total. The van der Waals surface area contributed by atoms with Gasteiger partial charge in [0.05, 0.1) is 12.1 Å². The van der Waals surface area contributed by atoms with Crippen LogP contribution in [0.3, 0.4) is 0 Å². The van der Waals surface area contributed by atoms with Crippen LogP contribution in [0.2, 0.25) is 0 Å². The summed E-state index contributed by atoms with van der Waals surface area (Å²) < 4.78 is 54.5. The fraction of sp³-hybridized carbons (Fsp3) is 0.265. The maximum Gasteiger partial charge on any atom is 0.419 e. The molecule has 1 N–H and O–H groups in total. The quantitative estimate of drug-likeness (QED) is 0.223. The lowest BCUT2D eigenvalue weighted by Gasteiger charge is -2.20. The van der Waals surface area contributed by atoms with Crippen molar-refractivity contribution in [3.05, 3.63) is 112 Å². The van der Waals surface area contributed by atoms with E-state index in [9.17, 15) is 37.1 Å². The summed E-state index contributed by atoms with van der Waals surface area (Å²) in [6, 6.07) is 10.7. The number of pyridine rings is 1. The number of benzene rings is 2. The van der Waals surface area contributed by atoms with Gasteiger partial charge >= 0.3 is 12.2 Å². The Morgan fingerprint density at radius 3 is 2.35 bits per heavy atom. The van der Waals surface area contributed by atoms with Gasteiger partial charge in [-0.15, -0.1) is 0 Å². The molecule has 0 saturated carbocycles. The van der Waals surface area contributed by atoms with Gasteiger partial charge in [-0.05, 0) is 67.4 Å². The minimum atomic E-state index is -1.32. The minimum absolute atomic E-state index is 0.00421. The lowest BCUT2D eigenvalue weighted by Crippen LogP contribution is -2.37. The number of hydrogen-bond acceptors (Lipinski definition) is 7. The molecule has 0 spiro atoms. The first-order chi connectivity index (χ1) is 23.2. The van der Waals surface area contributed by atoms with Crippen LogP contribution >= 0.6 is 0 Å². The Labute approximate surface area is 278 Å². The van der Waals surface area contributed by atoms with E-state index in [1.807, 2.05) is 0 Å². The van der Waals surface area contributed by atoms with Crippen LogP contribution in [0.5, 0.6) is 0 Å². The molecule has 1 atom stereocenters. The number of carbonyl (C=O) groups excluding carboxylic acids is 4. The number of ether oxygens (including phenoxy) is 2. The largest absolute Gasteiger partial charge is 0.444 e. The standard InChI is InChI=1S/C34H34F3N5O7/c1-39(2)30(43)10-6-5-9-29(49-33(46)40(3)4)31(44)38-27-8-7-15-41(32(27)45)19-25-17-22-16-23(35)13-14-28(22)42(25)34(47)48-20-21-11-12-24(36)18-26(21)37/h6-8,10-18,29H,5,9,19-20H2,1-4H3,(H,38,44)/b10-6+. The van der Waals surface area contributed by atoms with Gasteiger partial charge in [0.1, 0.15) is 29.7 Å². The maximum absolute atomic E-state index is 14.2. The molecule has 4 aromatic rings. The fourth-order valence-corrected chi connectivity index (χ4v) is 4.61. The molecule has 2 aromatic heterocycles. The first-order valence-corrected chi connectivity index (χ1v) is 14.9. The molecule has 4 rings (SSSR count). The molecule has 2 heterocycles. The van der Waals surface area contributed by atoms with E-state index in [0.717, 1.165) is 27.7 Å². The zero-order valence-electron chi connectivity index (χ0n) is 27.1. The van der Waals surface area contributed by atoms with Crippen molar-refractivity contribution in [2.24, 2.45) is 0 Å². The summed E-state index contributed by atoms with van der Waals surface area (Å²) in [5, 5.41) is 2.80. The van der Waals surface area contributed by atoms with Crippen LogP contribution < -0.4 is 10.9 Å². The van der Waals surface area contributed by atoms with E-state index in [2.05, 4.69) is 5.32 Å². The number of likely N-dealkylation sites (N-methyl/N-ethyl adjacent to an activating group) is 1. The molecule has 0 aliphatic carbocycles. The summed E-state index contributed by atoms with van der Waals surface area (Å²) in [5.74, 6) is -3.35. The lowest BCUT2D eigenvalue weighted by molar-refractivity contribution is -0.125. The first kappa shape index (κ1) is 36.0. The molecular formula is C34H34F3N5O7. The highest BCUT2D eigenvalue weighted by Gasteiger charge is 2.25. The Bertz CT molecular complexity index is 1970. The number of fused-ring (bicyclic) bond motifs is 1. The van der Waals surface area contributed by atoms with E-state index < -0.39 is 53.8 Å². The summed E-state index contributed by atoms with van der Waals surface area (Å²) in [5.41, 5.74) is -0.501. The van der Waals surface area contributed by atoms with Crippen molar-refractivity contribution in [3.63, 3.8) is 0 Å². The number of allylic oxidation sites excluding steroid dienone is 1. The third-order valence-corrected chi connectivity index (χ3v) is 7.20. The van der Waals surface area contributed by atoms with Gasteiger partial charge in [-0.1, -0.05) is 6.08 Å². The molecule has 0 fully saturated rings. The van der Waals surface area contributed by atoms with Crippen molar-refractivity contribution < 1.29 is 41.8 Å². The molecule has 0 aliphatic heterocycles. The highest BCUT2D eigenvalue weighted by molar-refractivity contribution is 5.95. The van der Waals surface area contributed by atoms with Crippen LogP contribution in [0.1, 0.15) is 24.1 Å². The van der Waals surface area contributed by atoms with E-state index in [0.29, 0.717) is 11.5 Å². The summed E-state index contributed by atoms with van der Waals surface area (Å²) in [6.07, 6.45) is 1.38. The van der Waals surface area contributed by atoms with E-state index >= 15 is 0 Å². The molecule has 0 saturated heterocycles. The van der Waals surface area contributed by atoms with Crippen molar-refractivity contribution in [3.8, 4) is 0 Å². The SMILES string of the molecule is CN(C)C(=O)/C=C/CCC(OC(=O)N(C)C)C(=O)Nc1cccn(Cc2cc3cc(F)ccc3n2C(=O)OCc2ccc(F)cc2F)c1=O. The Morgan fingerprint density at radius 2 is 1.65 bits per heavy atom. The van der Waals surface area contributed by atoms with E-state index in [1.165, 1.54) is 72.2 Å². The average molecular weight is 682 g/mol. The average Bonchev–Trinajstić information content (AvgIpc) is 3.40. The van der Waals surface area contributed by atoms with Gasteiger partial charge < -0.3 is 29.2 Å². The molecule has 1 unspecified atom stereocenters. The highest BCUT2D eigenvalue weighted by atomic mass is 19.1. The van der Waals surface area contributed by atoms with Gasteiger partial charge in [0.15, 0.2) is 6.10 Å². The van der Waals surface area contributed by atoms with E-state index in [1.54, 1.807) is 14.1 Å². The molecule has 0 bridgehead atoms. The van der Waals surface area contributed by atoms with Gasteiger partial charge in [-0.2, -0.15) is 0 Å².